The van der Waals surface area contributed by atoms with E-state index in [1.54, 1.807) is 37.3 Å². The number of carbonyl (C=O) groups is 3. The van der Waals surface area contributed by atoms with Crippen molar-refractivity contribution in [3.05, 3.63) is 46.3 Å². The van der Waals surface area contributed by atoms with Crippen molar-refractivity contribution in [3.63, 3.8) is 0 Å². The highest BCUT2D eigenvalue weighted by Crippen LogP contribution is 2.32. The van der Waals surface area contributed by atoms with Gasteiger partial charge in [0.1, 0.15) is 0 Å². The number of carbonyl (C=O) groups excluding carboxylic acids is 3. The van der Waals surface area contributed by atoms with Crippen LogP contribution in [0, 0.1) is 12.8 Å². The molecule has 2 aromatic rings. The van der Waals surface area contributed by atoms with Crippen molar-refractivity contribution in [1.29, 1.82) is 0 Å². The molecule has 1 fully saturated rings. The molecule has 0 unspecified atom stereocenters. The summed E-state index contributed by atoms with van der Waals surface area (Å²) < 4.78 is 4.74. The first-order chi connectivity index (χ1) is 12.0. The standard InChI is InChI=1S/C18H18N2O4S/c1-10-12(18(23)24-2)4-3-5-13(10)19-17(22)14-8-9-15(25-14)20-16(21)11-6-7-11/h3-5,8-9,11H,6-7H2,1-2H3,(H,19,22)(H,20,21). The van der Waals surface area contributed by atoms with Gasteiger partial charge in [0.2, 0.25) is 5.91 Å². The van der Waals surface area contributed by atoms with Crippen LogP contribution >= 0.6 is 11.3 Å². The second kappa shape index (κ2) is 7.06. The van der Waals surface area contributed by atoms with E-state index in [1.807, 2.05) is 0 Å². The Morgan fingerprint density at radius 2 is 1.88 bits per heavy atom. The molecule has 0 atom stereocenters. The fraction of sp³-hybridized carbons (Fsp3) is 0.278. The van der Waals surface area contributed by atoms with Crippen molar-refractivity contribution in [1.82, 2.24) is 0 Å². The smallest absolute Gasteiger partial charge is 0.338 e. The maximum Gasteiger partial charge on any atom is 0.338 e. The molecule has 6 nitrogen and oxygen atoms in total. The Labute approximate surface area is 149 Å². The molecule has 3 rings (SSSR count). The van der Waals surface area contributed by atoms with Crippen molar-refractivity contribution in [3.8, 4) is 0 Å². The second-order valence-corrected chi connectivity index (χ2v) is 6.94. The lowest BCUT2D eigenvalue weighted by molar-refractivity contribution is -0.117. The summed E-state index contributed by atoms with van der Waals surface area (Å²) in [6.45, 7) is 1.75. The molecule has 1 aromatic heterocycles. The minimum absolute atomic E-state index is 0.00966. The van der Waals surface area contributed by atoms with Gasteiger partial charge in [0, 0.05) is 11.6 Å². The Morgan fingerprint density at radius 1 is 1.12 bits per heavy atom. The lowest BCUT2D eigenvalue weighted by Crippen LogP contribution is -2.13. The fourth-order valence-electron chi connectivity index (χ4n) is 2.38. The number of rotatable bonds is 5. The summed E-state index contributed by atoms with van der Waals surface area (Å²) in [6.07, 6.45) is 1.86. The van der Waals surface area contributed by atoms with Crippen molar-refractivity contribution in [2.45, 2.75) is 19.8 Å². The highest BCUT2D eigenvalue weighted by molar-refractivity contribution is 7.18. The molecule has 0 bridgehead atoms. The molecule has 0 saturated heterocycles. The van der Waals surface area contributed by atoms with Gasteiger partial charge in [0.15, 0.2) is 0 Å². The minimum atomic E-state index is -0.449. The first kappa shape index (κ1) is 17.2. The lowest BCUT2D eigenvalue weighted by Gasteiger charge is -2.10. The lowest BCUT2D eigenvalue weighted by atomic mass is 10.1. The zero-order valence-corrected chi connectivity index (χ0v) is 14.7. The summed E-state index contributed by atoms with van der Waals surface area (Å²) in [5.74, 6) is -0.615. The van der Waals surface area contributed by atoms with Crippen LogP contribution in [0.4, 0.5) is 10.7 Å². The van der Waals surface area contributed by atoms with E-state index in [0.717, 1.165) is 12.8 Å². The number of hydrogen-bond donors (Lipinski definition) is 2. The van der Waals surface area contributed by atoms with Gasteiger partial charge in [-0.3, -0.25) is 9.59 Å². The molecular weight excluding hydrogens is 340 g/mol. The molecule has 1 aliphatic carbocycles. The van der Waals surface area contributed by atoms with Gasteiger partial charge >= 0.3 is 5.97 Å². The average molecular weight is 358 g/mol. The van der Waals surface area contributed by atoms with Gasteiger partial charge in [-0.05, 0) is 49.6 Å². The van der Waals surface area contributed by atoms with E-state index in [-0.39, 0.29) is 17.7 Å². The van der Waals surface area contributed by atoms with Crippen LogP contribution in [0.5, 0.6) is 0 Å². The van der Waals surface area contributed by atoms with Crippen LogP contribution in [-0.2, 0) is 9.53 Å². The van der Waals surface area contributed by atoms with Crippen LogP contribution in [0.3, 0.4) is 0 Å². The maximum absolute atomic E-state index is 12.4. The summed E-state index contributed by atoms with van der Waals surface area (Å²) >= 11 is 1.22. The largest absolute Gasteiger partial charge is 0.465 e. The summed E-state index contributed by atoms with van der Waals surface area (Å²) in [4.78, 5) is 36.4. The monoisotopic (exact) mass is 358 g/mol. The minimum Gasteiger partial charge on any atom is -0.465 e. The number of thiophene rings is 1. The molecule has 0 spiro atoms. The normalized spacial score (nSPS) is 13.2. The zero-order valence-electron chi connectivity index (χ0n) is 13.9. The molecular formula is C18H18N2O4S. The van der Waals surface area contributed by atoms with Crippen molar-refractivity contribution < 1.29 is 19.1 Å². The SMILES string of the molecule is COC(=O)c1cccc(NC(=O)c2ccc(NC(=O)C3CC3)s2)c1C. The predicted molar refractivity (Wildman–Crippen MR) is 96.1 cm³/mol. The molecule has 7 heteroatoms. The Morgan fingerprint density at radius 3 is 2.56 bits per heavy atom. The molecule has 25 heavy (non-hydrogen) atoms. The Balaban J connectivity index is 1.71. The third-order valence-electron chi connectivity index (χ3n) is 4.01. The van der Waals surface area contributed by atoms with E-state index in [4.69, 9.17) is 4.74 Å². The molecule has 130 valence electrons. The van der Waals surface area contributed by atoms with Crippen LogP contribution in [0.15, 0.2) is 30.3 Å². The average Bonchev–Trinajstić information content (AvgIpc) is 3.36. The quantitative estimate of drug-likeness (QED) is 0.802. The van der Waals surface area contributed by atoms with Crippen molar-refractivity contribution in [2.24, 2.45) is 5.92 Å². The van der Waals surface area contributed by atoms with Gasteiger partial charge in [-0.15, -0.1) is 11.3 Å². The number of methoxy groups -OCH3 is 1. The van der Waals surface area contributed by atoms with Gasteiger partial charge in [0.25, 0.3) is 5.91 Å². The van der Waals surface area contributed by atoms with E-state index < -0.39 is 5.97 Å². The number of ether oxygens (including phenoxy) is 1. The van der Waals surface area contributed by atoms with Crippen LogP contribution in [-0.4, -0.2) is 24.9 Å². The third-order valence-corrected chi connectivity index (χ3v) is 5.01. The molecule has 1 aromatic carbocycles. The van der Waals surface area contributed by atoms with Crippen LogP contribution in [0.2, 0.25) is 0 Å². The molecule has 1 heterocycles. The van der Waals surface area contributed by atoms with Gasteiger partial charge < -0.3 is 15.4 Å². The van der Waals surface area contributed by atoms with Gasteiger partial charge in [-0.2, -0.15) is 0 Å². The highest BCUT2D eigenvalue weighted by Gasteiger charge is 2.29. The van der Waals surface area contributed by atoms with Crippen molar-refractivity contribution in [2.75, 3.05) is 17.7 Å². The van der Waals surface area contributed by atoms with E-state index in [1.165, 1.54) is 18.4 Å². The Hall–Kier alpha value is -2.67. The molecule has 1 saturated carbocycles. The predicted octanol–water partition coefficient (Wildman–Crippen LogP) is 3.44. The molecule has 0 aliphatic heterocycles. The summed E-state index contributed by atoms with van der Waals surface area (Å²) in [7, 11) is 1.32. The molecule has 1 aliphatic rings. The van der Waals surface area contributed by atoms with E-state index in [9.17, 15) is 14.4 Å². The summed E-state index contributed by atoms with van der Waals surface area (Å²) in [5, 5.41) is 6.28. The molecule has 0 radical (unpaired) electrons. The zero-order chi connectivity index (χ0) is 18.0. The van der Waals surface area contributed by atoms with Crippen LogP contribution in [0.25, 0.3) is 0 Å². The van der Waals surface area contributed by atoms with E-state index in [0.29, 0.717) is 26.7 Å². The fourth-order valence-corrected chi connectivity index (χ4v) is 3.19. The Kier molecular flexibility index (Phi) is 4.85. The van der Waals surface area contributed by atoms with E-state index >= 15 is 0 Å². The highest BCUT2D eigenvalue weighted by atomic mass is 32.1. The van der Waals surface area contributed by atoms with Gasteiger partial charge in [0.05, 0.1) is 22.6 Å². The van der Waals surface area contributed by atoms with Gasteiger partial charge in [-0.1, -0.05) is 6.07 Å². The summed E-state index contributed by atoms with van der Waals surface area (Å²) in [6, 6.07) is 8.45. The number of anilines is 2. The van der Waals surface area contributed by atoms with Crippen molar-refractivity contribution >= 4 is 39.8 Å². The number of nitrogens with one attached hydrogen (secondary N) is 2. The van der Waals surface area contributed by atoms with Crippen LogP contribution < -0.4 is 10.6 Å². The number of esters is 1. The second-order valence-electron chi connectivity index (χ2n) is 5.85. The maximum atomic E-state index is 12.4. The summed E-state index contributed by atoms with van der Waals surface area (Å²) in [5.41, 5.74) is 1.59. The molecule has 2 amide bonds. The number of benzene rings is 1. The number of amides is 2. The number of hydrogen-bond acceptors (Lipinski definition) is 5. The first-order valence-corrected chi connectivity index (χ1v) is 8.71. The topological polar surface area (TPSA) is 84.5 Å². The Bertz CT molecular complexity index is 839. The van der Waals surface area contributed by atoms with E-state index in [2.05, 4.69) is 10.6 Å². The van der Waals surface area contributed by atoms with Gasteiger partial charge in [-0.25, -0.2) is 4.79 Å². The first-order valence-electron chi connectivity index (χ1n) is 7.89. The third kappa shape index (κ3) is 3.88. The van der Waals surface area contributed by atoms with Crippen LogP contribution in [0.1, 0.15) is 38.4 Å². The molecule has 2 N–H and O–H groups in total.